The summed E-state index contributed by atoms with van der Waals surface area (Å²) in [5.74, 6) is 2.34. The monoisotopic (exact) mass is 402 g/mol. The van der Waals surface area contributed by atoms with Crippen molar-refractivity contribution in [1.82, 2.24) is 0 Å². The molecule has 0 spiro atoms. The summed E-state index contributed by atoms with van der Waals surface area (Å²) >= 11 is 0. The summed E-state index contributed by atoms with van der Waals surface area (Å²) in [6.07, 6.45) is 9.02. The number of unbranched alkanes of at least 4 members (excludes halogenated alkanes) is 3. The summed E-state index contributed by atoms with van der Waals surface area (Å²) in [5, 5.41) is 0. The van der Waals surface area contributed by atoms with Gasteiger partial charge in [0.15, 0.2) is 0 Å². The number of hydrogen-bond acceptors (Lipinski definition) is 4. The Labute approximate surface area is 179 Å². The van der Waals surface area contributed by atoms with Crippen LogP contribution >= 0.6 is 0 Å². The Morgan fingerprint density at radius 2 is 1.27 bits per heavy atom. The van der Waals surface area contributed by atoms with E-state index in [-0.39, 0.29) is 0 Å². The lowest BCUT2D eigenvalue weighted by Gasteiger charge is -2.08. The summed E-state index contributed by atoms with van der Waals surface area (Å²) in [6, 6.07) is 21.3. The minimum Gasteiger partial charge on any atom is -0.494 e. The maximum absolute atomic E-state index is 5.83. The van der Waals surface area contributed by atoms with Crippen molar-refractivity contribution in [2.24, 2.45) is 0 Å². The molecule has 0 radical (unpaired) electrons. The van der Waals surface area contributed by atoms with Gasteiger partial charge in [-0.1, -0.05) is 62.6 Å². The maximum Gasteiger partial charge on any atom is 0.129 e. The zero-order valence-corrected chi connectivity index (χ0v) is 17.5. The van der Waals surface area contributed by atoms with Gasteiger partial charge in [0.25, 0.3) is 0 Å². The standard InChI is InChI=1S/C26H30N2O2/c1-2-3-4-5-18-29-22-12-8-20(9-13-22)6-7-21-10-14-23(15-11-21)30-24-16-17-25(27)26(28)19-24/h6-17,19H,2-5,18,27-28H2,1H3. The van der Waals surface area contributed by atoms with Crippen molar-refractivity contribution in [1.29, 1.82) is 0 Å². The van der Waals surface area contributed by atoms with Crippen molar-refractivity contribution in [3.05, 3.63) is 77.9 Å². The molecular weight excluding hydrogens is 372 g/mol. The van der Waals surface area contributed by atoms with E-state index in [1.165, 1.54) is 19.3 Å². The van der Waals surface area contributed by atoms with Crippen LogP contribution in [-0.2, 0) is 0 Å². The SMILES string of the molecule is CCCCCCOc1ccc(C=Cc2ccc(Oc3ccc(N)c(N)c3)cc2)cc1. The van der Waals surface area contributed by atoms with Gasteiger partial charge in [-0.05, 0) is 53.9 Å². The van der Waals surface area contributed by atoms with E-state index in [4.69, 9.17) is 20.9 Å². The average molecular weight is 403 g/mol. The highest BCUT2D eigenvalue weighted by Crippen LogP contribution is 2.27. The molecule has 0 bridgehead atoms. The molecule has 0 atom stereocenters. The molecule has 4 N–H and O–H groups in total. The fourth-order valence-corrected chi connectivity index (χ4v) is 2.99. The van der Waals surface area contributed by atoms with Crippen LogP contribution < -0.4 is 20.9 Å². The van der Waals surface area contributed by atoms with Gasteiger partial charge in [-0.25, -0.2) is 0 Å². The molecule has 3 rings (SSSR count). The first-order valence-corrected chi connectivity index (χ1v) is 10.5. The molecule has 156 valence electrons. The first-order chi connectivity index (χ1) is 14.6. The van der Waals surface area contributed by atoms with Crippen molar-refractivity contribution in [3.8, 4) is 17.2 Å². The van der Waals surface area contributed by atoms with E-state index in [0.717, 1.165) is 35.7 Å². The smallest absolute Gasteiger partial charge is 0.129 e. The van der Waals surface area contributed by atoms with Gasteiger partial charge in [0.2, 0.25) is 0 Å². The van der Waals surface area contributed by atoms with Gasteiger partial charge >= 0.3 is 0 Å². The molecule has 4 heteroatoms. The van der Waals surface area contributed by atoms with Gasteiger partial charge in [0, 0.05) is 6.07 Å². The van der Waals surface area contributed by atoms with Crippen LogP contribution in [0.4, 0.5) is 11.4 Å². The third-order valence-corrected chi connectivity index (χ3v) is 4.79. The Morgan fingerprint density at radius 1 is 0.667 bits per heavy atom. The minimum atomic E-state index is 0.514. The second kappa shape index (κ2) is 11.0. The van der Waals surface area contributed by atoms with Gasteiger partial charge in [0.05, 0.1) is 18.0 Å². The molecular formula is C26H30N2O2. The van der Waals surface area contributed by atoms with E-state index >= 15 is 0 Å². The topological polar surface area (TPSA) is 70.5 Å². The molecule has 3 aromatic carbocycles. The molecule has 0 unspecified atom stereocenters. The summed E-state index contributed by atoms with van der Waals surface area (Å²) in [7, 11) is 0. The van der Waals surface area contributed by atoms with E-state index < -0.39 is 0 Å². The number of nitrogen functional groups attached to an aromatic ring is 2. The van der Waals surface area contributed by atoms with Crippen molar-refractivity contribution in [2.45, 2.75) is 32.6 Å². The summed E-state index contributed by atoms with van der Waals surface area (Å²) in [4.78, 5) is 0. The van der Waals surface area contributed by atoms with Crippen LogP contribution in [0.5, 0.6) is 17.2 Å². The molecule has 0 aliphatic carbocycles. The third kappa shape index (κ3) is 6.59. The quantitative estimate of drug-likeness (QED) is 0.223. The number of benzene rings is 3. The first-order valence-electron chi connectivity index (χ1n) is 10.5. The predicted octanol–water partition coefficient (Wildman–Crippen LogP) is 6.77. The summed E-state index contributed by atoms with van der Waals surface area (Å²) in [5.41, 5.74) is 14.8. The van der Waals surface area contributed by atoms with Crippen molar-refractivity contribution in [2.75, 3.05) is 18.1 Å². The lowest BCUT2D eigenvalue weighted by molar-refractivity contribution is 0.305. The zero-order valence-electron chi connectivity index (χ0n) is 17.5. The number of anilines is 2. The highest BCUT2D eigenvalue weighted by Gasteiger charge is 2.01. The van der Waals surface area contributed by atoms with Gasteiger partial charge in [-0.3, -0.25) is 0 Å². The Morgan fingerprint density at radius 3 is 1.87 bits per heavy atom. The van der Waals surface area contributed by atoms with Crippen LogP contribution in [0.2, 0.25) is 0 Å². The van der Waals surface area contributed by atoms with E-state index in [9.17, 15) is 0 Å². The van der Waals surface area contributed by atoms with Crippen molar-refractivity contribution >= 4 is 23.5 Å². The minimum absolute atomic E-state index is 0.514. The lowest BCUT2D eigenvalue weighted by Crippen LogP contribution is -1.96. The number of hydrogen-bond donors (Lipinski definition) is 2. The number of ether oxygens (including phenoxy) is 2. The molecule has 0 amide bonds. The molecule has 0 saturated heterocycles. The van der Waals surface area contributed by atoms with Crippen LogP contribution in [0.15, 0.2) is 66.7 Å². The third-order valence-electron chi connectivity index (χ3n) is 4.79. The molecule has 3 aromatic rings. The van der Waals surface area contributed by atoms with E-state index in [1.807, 2.05) is 36.4 Å². The van der Waals surface area contributed by atoms with Crippen LogP contribution in [0.3, 0.4) is 0 Å². The van der Waals surface area contributed by atoms with E-state index in [1.54, 1.807) is 18.2 Å². The average Bonchev–Trinajstić information content (AvgIpc) is 2.76. The normalized spacial score (nSPS) is 11.0. The Kier molecular flexibility index (Phi) is 7.78. The van der Waals surface area contributed by atoms with Crippen molar-refractivity contribution in [3.63, 3.8) is 0 Å². The number of rotatable bonds is 10. The molecule has 0 heterocycles. The van der Waals surface area contributed by atoms with Crippen LogP contribution in [0, 0.1) is 0 Å². The Hall–Kier alpha value is -3.40. The highest BCUT2D eigenvalue weighted by molar-refractivity contribution is 5.70. The fourth-order valence-electron chi connectivity index (χ4n) is 2.99. The van der Waals surface area contributed by atoms with Gasteiger partial charge in [-0.15, -0.1) is 0 Å². The summed E-state index contributed by atoms with van der Waals surface area (Å²) in [6.45, 7) is 3.00. The summed E-state index contributed by atoms with van der Waals surface area (Å²) < 4.78 is 11.6. The van der Waals surface area contributed by atoms with E-state index in [0.29, 0.717) is 17.1 Å². The maximum atomic E-state index is 5.83. The Balaban J connectivity index is 1.51. The first kappa shape index (κ1) is 21.3. The molecule has 0 saturated carbocycles. The van der Waals surface area contributed by atoms with Gasteiger partial charge < -0.3 is 20.9 Å². The van der Waals surface area contributed by atoms with Gasteiger partial charge in [0.1, 0.15) is 17.2 Å². The largest absolute Gasteiger partial charge is 0.494 e. The van der Waals surface area contributed by atoms with Crippen molar-refractivity contribution < 1.29 is 9.47 Å². The predicted molar refractivity (Wildman–Crippen MR) is 127 cm³/mol. The number of nitrogens with two attached hydrogens (primary N) is 2. The molecule has 0 aliphatic heterocycles. The van der Waals surface area contributed by atoms with Crippen LogP contribution in [0.1, 0.15) is 43.7 Å². The van der Waals surface area contributed by atoms with Gasteiger partial charge in [-0.2, -0.15) is 0 Å². The van der Waals surface area contributed by atoms with Crippen LogP contribution in [0.25, 0.3) is 12.2 Å². The Bertz CT molecular complexity index is 948. The lowest BCUT2D eigenvalue weighted by atomic mass is 10.1. The molecule has 0 fully saturated rings. The molecule has 30 heavy (non-hydrogen) atoms. The van der Waals surface area contributed by atoms with Crippen LogP contribution in [-0.4, -0.2) is 6.61 Å². The van der Waals surface area contributed by atoms with E-state index in [2.05, 4.69) is 31.2 Å². The molecule has 4 nitrogen and oxygen atoms in total. The molecule has 0 aliphatic rings. The molecule has 0 aromatic heterocycles. The highest BCUT2D eigenvalue weighted by atomic mass is 16.5. The zero-order chi connectivity index (χ0) is 21.2. The second-order valence-electron chi connectivity index (χ2n) is 7.27. The second-order valence-corrected chi connectivity index (χ2v) is 7.27. The fraction of sp³-hybridized carbons (Fsp3) is 0.231.